The summed E-state index contributed by atoms with van der Waals surface area (Å²) in [7, 11) is 1.04. The number of methoxy groups -OCH3 is 1. The number of ether oxygens (including phenoxy) is 1. The molecule has 1 unspecified atom stereocenters. The van der Waals surface area contributed by atoms with E-state index in [-0.39, 0.29) is 32.7 Å². The molecule has 1 N–H and O–H groups in total. The summed E-state index contributed by atoms with van der Waals surface area (Å²) in [6.45, 7) is 8.03. The molecule has 0 aromatic heterocycles. The van der Waals surface area contributed by atoms with Gasteiger partial charge in [0.1, 0.15) is 0 Å². The monoisotopic (exact) mass is 571 g/mol. The zero-order valence-electron chi connectivity index (χ0n) is 21.8. The molecule has 1 radical (unpaired) electrons. The molecular formula is C27H35BO7Y. The van der Waals surface area contributed by atoms with Crippen LogP contribution in [0.25, 0.3) is 6.08 Å². The topological polar surface area (TPSA) is 83.5 Å². The van der Waals surface area contributed by atoms with Crippen molar-refractivity contribution in [3.8, 4) is 0 Å². The van der Waals surface area contributed by atoms with Gasteiger partial charge in [-0.2, -0.15) is 4.89 Å². The molecule has 9 heteroatoms. The summed E-state index contributed by atoms with van der Waals surface area (Å²) in [5, 5.41) is 9.24. The van der Waals surface area contributed by atoms with Gasteiger partial charge in [0.05, 0.1) is 11.2 Å². The van der Waals surface area contributed by atoms with E-state index in [2.05, 4.69) is 0 Å². The third-order valence-corrected chi connectivity index (χ3v) is 9.83. The number of rotatable bonds is 5. The third kappa shape index (κ3) is 3.70. The van der Waals surface area contributed by atoms with Gasteiger partial charge in [-0.25, -0.2) is 9.68 Å². The second kappa shape index (κ2) is 8.97. The van der Waals surface area contributed by atoms with Crippen LogP contribution in [0, 0.1) is 23.7 Å². The first-order chi connectivity index (χ1) is 16.5. The fraction of sp³-hybridized carbons (Fsp3) is 0.667. The van der Waals surface area contributed by atoms with E-state index in [0.29, 0.717) is 11.8 Å². The van der Waals surface area contributed by atoms with Crippen LogP contribution < -0.4 is 5.46 Å². The third-order valence-electron chi connectivity index (χ3n) is 9.83. The van der Waals surface area contributed by atoms with Crippen molar-refractivity contribution in [2.75, 3.05) is 7.11 Å². The Morgan fingerprint density at radius 1 is 1.00 bits per heavy atom. The summed E-state index contributed by atoms with van der Waals surface area (Å²) in [5.74, 6) is 0.351. The molecule has 7 nitrogen and oxygen atoms in total. The number of benzene rings is 1. The molecule has 7 rings (SSSR count). The van der Waals surface area contributed by atoms with E-state index in [1.54, 1.807) is 13.2 Å². The molecule has 0 amide bonds. The van der Waals surface area contributed by atoms with E-state index in [0.717, 1.165) is 60.2 Å². The summed E-state index contributed by atoms with van der Waals surface area (Å²) in [6.07, 6.45) is 8.70. The molecular weight excluding hydrogens is 536 g/mol. The van der Waals surface area contributed by atoms with E-state index < -0.39 is 35.7 Å². The Hall–Kier alpha value is -0.601. The minimum atomic E-state index is -1.01. The summed E-state index contributed by atoms with van der Waals surface area (Å²) in [5.41, 5.74) is 0.777. The Bertz CT molecular complexity index is 1040. The normalized spacial score (nSPS) is 39.4. The van der Waals surface area contributed by atoms with Crippen LogP contribution in [-0.2, 0) is 67.1 Å². The SMILES string of the molecule is COC1(c2ccc(/C=C/C(=O)O)c(B3OC(C)(C)C(C)(C)O3)c2)OOC12C1CC3CC(C1)CC2C3.[Y]. The maximum atomic E-state index is 11.3. The number of hydrogen-bond donors (Lipinski definition) is 1. The van der Waals surface area contributed by atoms with E-state index >= 15 is 0 Å². The van der Waals surface area contributed by atoms with Gasteiger partial charge in [-0.15, -0.1) is 0 Å². The van der Waals surface area contributed by atoms with Crippen LogP contribution in [-0.4, -0.2) is 42.1 Å². The Labute approximate surface area is 238 Å². The van der Waals surface area contributed by atoms with Crippen molar-refractivity contribution in [1.29, 1.82) is 0 Å². The molecule has 1 aromatic carbocycles. The number of carboxylic acids is 1. The van der Waals surface area contributed by atoms with Crippen LogP contribution >= 0.6 is 0 Å². The number of carboxylic acid groups (broad SMARTS) is 1. The van der Waals surface area contributed by atoms with Crippen molar-refractivity contribution in [3.05, 3.63) is 35.4 Å². The minimum Gasteiger partial charge on any atom is -0.478 e. The maximum absolute atomic E-state index is 11.3. The van der Waals surface area contributed by atoms with Crippen LogP contribution in [0.15, 0.2) is 24.3 Å². The van der Waals surface area contributed by atoms with Gasteiger partial charge in [0.15, 0.2) is 5.60 Å². The smallest absolute Gasteiger partial charge is 0.478 e. The fourth-order valence-corrected chi connectivity index (χ4v) is 7.62. The maximum Gasteiger partial charge on any atom is 0.495 e. The molecule has 4 saturated carbocycles. The molecule has 6 fully saturated rings. The first kappa shape index (κ1) is 27.0. The molecule has 2 heterocycles. The molecule has 1 atom stereocenters. The fourth-order valence-electron chi connectivity index (χ4n) is 7.62. The van der Waals surface area contributed by atoms with E-state index in [4.69, 9.17) is 23.8 Å². The van der Waals surface area contributed by atoms with Crippen molar-refractivity contribution in [1.82, 2.24) is 0 Å². The van der Waals surface area contributed by atoms with Crippen LogP contribution in [0.1, 0.15) is 70.9 Å². The molecule has 191 valence electrons. The predicted molar refractivity (Wildman–Crippen MR) is 129 cm³/mol. The number of hydrogen-bond acceptors (Lipinski definition) is 6. The predicted octanol–water partition coefficient (Wildman–Crippen LogP) is 4.04. The molecule has 36 heavy (non-hydrogen) atoms. The Morgan fingerprint density at radius 3 is 2.06 bits per heavy atom. The van der Waals surface area contributed by atoms with Crippen LogP contribution in [0.5, 0.6) is 0 Å². The number of aliphatic carboxylic acids is 1. The van der Waals surface area contributed by atoms with E-state index in [1.807, 2.05) is 45.9 Å². The molecule has 1 aromatic rings. The van der Waals surface area contributed by atoms with Crippen molar-refractivity contribution < 1.29 is 66.4 Å². The van der Waals surface area contributed by atoms with Crippen LogP contribution in [0.4, 0.5) is 0 Å². The number of carbonyl (C=O) groups is 1. The van der Waals surface area contributed by atoms with E-state index in [9.17, 15) is 9.90 Å². The van der Waals surface area contributed by atoms with Crippen molar-refractivity contribution in [2.45, 2.75) is 82.4 Å². The van der Waals surface area contributed by atoms with Gasteiger partial charge < -0.3 is 19.2 Å². The van der Waals surface area contributed by atoms with Gasteiger partial charge in [-0.1, -0.05) is 18.2 Å². The minimum absolute atomic E-state index is 0. The summed E-state index contributed by atoms with van der Waals surface area (Å²) in [6, 6.07) is 5.87. The van der Waals surface area contributed by atoms with Gasteiger partial charge >= 0.3 is 13.1 Å². The largest absolute Gasteiger partial charge is 0.495 e. The molecule has 2 saturated heterocycles. The average Bonchev–Trinajstić information content (AvgIpc) is 2.99. The van der Waals surface area contributed by atoms with Gasteiger partial charge in [0.25, 0.3) is 5.79 Å². The molecule has 4 aliphatic carbocycles. The van der Waals surface area contributed by atoms with Gasteiger partial charge in [0, 0.05) is 51.5 Å². The quantitative estimate of drug-likeness (QED) is 0.325. The standard InChI is InChI=1S/C27H35BO7.Y/c1-24(2)25(3,4)33-28(32-24)22-15-19(8-6-18(22)7-9-23(29)30)27(31-5)26(34-35-27)20-11-16-10-17(13-20)14-21(26)12-16;/h6-9,15-17,20-21H,10-14H2,1-5H3,(H,29,30);/b9-7+;. The van der Waals surface area contributed by atoms with Crippen LogP contribution in [0.3, 0.4) is 0 Å². The van der Waals surface area contributed by atoms with Gasteiger partial charge in [-0.05, 0) is 101 Å². The summed E-state index contributed by atoms with van der Waals surface area (Å²) in [4.78, 5) is 23.4. The molecule has 2 aliphatic heterocycles. The van der Waals surface area contributed by atoms with E-state index in [1.165, 1.54) is 6.42 Å². The van der Waals surface area contributed by atoms with Gasteiger partial charge in [0.2, 0.25) is 0 Å². The van der Waals surface area contributed by atoms with Crippen molar-refractivity contribution in [2.24, 2.45) is 23.7 Å². The Kier molecular flexibility index (Phi) is 6.72. The van der Waals surface area contributed by atoms with Gasteiger partial charge in [-0.3, -0.25) is 0 Å². The zero-order valence-corrected chi connectivity index (χ0v) is 24.6. The average molecular weight is 571 g/mol. The Balaban J connectivity index is 0.00000267. The second-order valence-electron chi connectivity index (χ2n) is 12.2. The Morgan fingerprint density at radius 2 is 1.58 bits per heavy atom. The molecule has 4 bridgehead atoms. The summed E-state index contributed by atoms with van der Waals surface area (Å²) < 4.78 is 19.0. The van der Waals surface area contributed by atoms with Crippen molar-refractivity contribution in [3.63, 3.8) is 0 Å². The molecule has 1 spiro atoms. The second-order valence-corrected chi connectivity index (χ2v) is 12.2. The molecule has 6 aliphatic rings. The first-order valence-corrected chi connectivity index (χ1v) is 12.8. The summed E-state index contributed by atoms with van der Waals surface area (Å²) >= 11 is 0. The van der Waals surface area contributed by atoms with Crippen molar-refractivity contribution >= 4 is 24.6 Å². The zero-order chi connectivity index (χ0) is 24.8. The van der Waals surface area contributed by atoms with Crippen LogP contribution in [0.2, 0.25) is 0 Å². The first-order valence-electron chi connectivity index (χ1n) is 12.8.